The number of nitrogens with two attached hydrogens (primary N) is 1. The van der Waals surface area contributed by atoms with Crippen molar-refractivity contribution in [2.75, 3.05) is 6.61 Å². The Balaban J connectivity index is 2.09. The molecule has 0 atom stereocenters. The van der Waals surface area contributed by atoms with E-state index in [-0.39, 0.29) is 6.61 Å². The lowest BCUT2D eigenvalue weighted by Crippen LogP contribution is -2.13. The highest BCUT2D eigenvalue weighted by Crippen LogP contribution is 2.36. The number of hydrogen-bond acceptors (Lipinski definition) is 3. The van der Waals surface area contributed by atoms with E-state index in [1.54, 1.807) is 0 Å². The second kappa shape index (κ2) is 10.8. The maximum Gasteiger partial charge on any atom is 0.251 e. The van der Waals surface area contributed by atoms with Crippen LogP contribution >= 0.6 is 0 Å². The van der Waals surface area contributed by atoms with Gasteiger partial charge < -0.3 is 20.1 Å². The molecule has 0 aliphatic carbocycles. The summed E-state index contributed by atoms with van der Waals surface area (Å²) in [4.78, 5) is 12.5. The molecular weight excluding hydrogens is 388 g/mol. The molecule has 5 heteroatoms. The average Bonchev–Trinajstić information content (AvgIpc) is 3.05. The number of aromatic nitrogens is 1. The van der Waals surface area contributed by atoms with E-state index >= 15 is 0 Å². The molecule has 3 rings (SSSR count). The number of ether oxygens (including phenoxy) is 1. The highest BCUT2D eigenvalue weighted by molar-refractivity contribution is 6.02. The number of para-hydroxylation sites is 1. The number of amides is 1. The fourth-order valence-electron chi connectivity index (χ4n) is 4.08. The highest BCUT2D eigenvalue weighted by Gasteiger charge is 2.24. The van der Waals surface area contributed by atoms with Gasteiger partial charge in [-0.25, -0.2) is 0 Å². The second-order valence-electron chi connectivity index (χ2n) is 7.78. The number of rotatable bonds is 11. The summed E-state index contributed by atoms with van der Waals surface area (Å²) in [5.41, 5.74) is 10.2. The molecule has 3 aromatic rings. The largest absolute Gasteiger partial charge is 0.457 e. The molecule has 164 valence electrons. The first-order valence-corrected chi connectivity index (χ1v) is 11.0. The molecule has 0 spiro atoms. The minimum atomic E-state index is -0.429. The number of hydrogen-bond donors (Lipinski definition) is 2. The Morgan fingerprint density at radius 3 is 2.45 bits per heavy atom. The molecule has 1 amide bonds. The van der Waals surface area contributed by atoms with E-state index in [2.05, 4.69) is 11.5 Å². The third-order valence-corrected chi connectivity index (χ3v) is 5.54. The Labute approximate surface area is 184 Å². The van der Waals surface area contributed by atoms with Gasteiger partial charge in [-0.3, -0.25) is 4.79 Å². The van der Waals surface area contributed by atoms with E-state index in [0.717, 1.165) is 53.9 Å². The number of benzene rings is 2. The third-order valence-electron chi connectivity index (χ3n) is 5.54. The number of aliphatic hydroxyl groups is 1. The molecule has 0 saturated heterocycles. The quantitative estimate of drug-likeness (QED) is 0.404. The number of unbranched alkanes of at least 4 members (excludes halogenated alkanes) is 2. The van der Waals surface area contributed by atoms with Gasteiger partial charge in [0.1, 0.15) is 11.5 Å². The molecule has 1 aromatic heterocycles. The number of nitrogens with zero attached hydrogens (tertiary/aromatic N) is 1. The van der Waals surface area contributed by atoms with E-state index in [1.165, 1.54) is 0 Å². The summed E-state index contributed by atoms with van der Waals surface area (Å²) in [7, 11) is 0. The molecule has 0 unspecified atom stereocenters. The van der Waals surface area contributed by atoms with Crippen LogP contribution in [0.1, 0.15) is 54.4 Å². The van der Waals surface area contributed by atoms with Crippen LogP contribution in [-0.4, -0.2) is 22.2 Å². The minimum Gasteiger partial charge on any atom is -0.457 e. The summed E-state index contributed by atoms with van der Waals surface area (Å²) in [6.07, 6.45) is 4.75. The van der Waals surface area contributed by atoms with Gasteiger partial charge in [0, 0.05) is 30.1 Å². The monoisotopic (exact) mass is 420 g/mol. The molecule has 5 nitrogen and oxygen atoms in total. The van der Waals surface area contributed by atoms with Crippen molar-refractivity contribution in [2.24, 2.45) is 5.73 Å². The Hall–Kier alpha value is -3.05. The van der Waals surface area contributed by atoms with Crippen LogP contribution in [0.3, 0.4) is 0 Å². The average molecular weight is 421 g/mol. The molecule has 1 heterocycles. The second-order valence-corrected chi connectivity index (χ2v) is 7.78. The van der Waals surface area contributed by atoms with Gasteiger partial charge in [0.25, 0.3) is 5.91 Å². The summed E-state index contributed by atoms with van der Waals surface area (Å²) in [6.45, 7) is 4.88. The molecule has 31 heavy (non-hydrogen) atoms. The third kappa shape index (κ3) is 5.36. The van der Waals surface area contributed by atoms with E-state index in [0.29, 0.717) is 24.3 Å². The zero-order chi connectivity index (χ0) is 22.2. The molecule has 0 fully saturated rings. The zero-order valence-corrected chi connectivity index (χ0v) is 18.4. The Morgan fingerprint density at radius 2 is 1.77 bits per heavy atom. The summed E-state index contributed by atoms with van der Waals surface area (Å²) < 4.78 is 8.18. The van der Waals surface area contributed by atoms with Crippen LogP contribution in [0.2, 0.25) is 0 Å². The van der Waals surface area contributed by atoms with E-state index in [4.69, 9.17) is 10.5 Å². The first-order valence-electron chi connectivity index (χ1n) is 11.0. The van der Waals surface area contributed by atoms with E-state index < -0.39 is 5.91 Å². The van der Waals surface area contributed by atoms with Crippen LogP contribution in [0.15, 0.2) is 54.6 Å². The van der Waals surface area contributed by atoms with Crippen molar-refractivity contribution >= 4 is 5.91 Å². The van der Waals surface area contributed by atoms with Crippen LogP contribution in [-0.2, 0) is 13.0 Å². The van der Waals surface area contributed by atoms with Gasteiger partial charge in [0.2, 0.25) is 0 Å². The Kier molecular flexibility index (Phi) is 7.90. The molecular formula is C26H32N2O3. The van der Waals surface area contributed by atoms with Crippen molar-refractivity contribution in [1.29, 1.82) is 0 Å². The number of carbonyl (C=O) groups excluding carboxylic acids is 1. The fourth-order valence-corrected chi connectivity index (χ4v) is 4.08. The van der Waals surface area contributed by atoms with Crippen molar-refractivity contribution in [1.82, 2.24) is 4.57 Å². The lowest BCUT2D eigenvalue weighted by molar-refractivity contribution is 0.1000. The number of primary amides is 1. The van der Waals surface area contributed by atoms with Gasteiger partial charge in [-0.2, -0.15) is 0 Å². The predicted molar refractivity (Wildman–Crippen MR) is 125 cm³/mol. The van der Waals surface area contributed by atoms with Gasteiger partial charge in [-0.1, -0.05) is 50.1 Å². The molecule has 0 saturated carbocycles. The van der Waals surface area contributed by atoms with E-state index in [9.17, 15) is 9.90 Å². The molecule has 2 aromatic carbocycles. The summed E-state index contributed by atoms with van der Waals surface area (Å²) in [5.74, 6) is 1.04. The van der Waals surface area contributed by atoms with Crippen molar-refractivity contribution in [3.05, 3.63) is 71.5 Å². The van der Waals surface area contributed by atoms with Crippen LogP contribution in [0.5, 0.6) is 11.5 Å². The number of aliphatic hydroxyl groups excluding tert-OH is 1. The van der Waals surface area contributed by atoms with Crippen molar-refractivity contribution in [3.8, 4) is 22.6 Å². The van der Waals surface area contributed by atoms with Gasteiger partial charge in [0.05, 0.1) is 5.56 Å². The van der Waals surface area contributed by atoms with Gasteiger partial charge >= 0.3 is 0 Å². The van der Waals surface area contributed by atoms with Crippen molar-refractivity contribution in [2.45, 2.75) is 52.5 Å². The summed E-state index contributed by atoms with van der Waals surface area (Å²) in [6, 6.07) is 17.4. The topological polar surface area (TPSA) is 77.5 Å². The lowest BCUT2D eigenvalue weighted by Gasteiger charge is -2.13. The van der Waals surface area contributed by atoms with Gasteiger partial charge in [-0.05, 0) is 56.0 Å². The normalized spacial score (nSPS) is 10.9. The SMILES string of the molecule is CCCCCc1c(-c2cccc(Oc3ccccc3)c2)c(C(N)=O)c(C)n1CCCO. The molecule has 0 radical (unpaired) electrons. The van der Waals surface area contributed by atoms with Crippen LogP contribution < -0.4 is 10.5 Å². The van der Waals surface area contributed by atoms with Crippen molar-refractivity contribution in [3.63, 3.8) is 0 Å². The van der Waals surface area contributed by atoms with Gasteiger partial charge in [-0.15, -0.1) is 0 Å². The summed E-state index contributed by atoms with van der Waals surface area (Å²) >= 11 is 0. The maximum absolute atomic E-state index is 12.5. The van der Waals surface area contributed by atoms with Gasteiger partial charge in [0.15, 0.2) is 0 Å². The fraction of sp³-hybridized carbons (Fsp3) is 0.346. The first kappa shape index (κ1) is 22.6. The standard InChI is InChI=1S/C26H32N2O3/c1-3-4-6-15-23-25(24(26(27)30)19(2)28(23)16-10-17-29)20-11-9-14-22(18-20)31-21-12-7-5-8-13-21/h5,7-9,11-14,18,29H,3-4,6,10,15-17H2,1-2H3,(H2,27,30). The smallest absolute Gasteiger partial charge is 0.251 e. The van der Waals surface area contributed by atoms with Crippen LogP contribution in [0, 0.1) is 6.92 Å². The molecule has 0 bridgehead atoms. The maximum atomic E-state index is 12.5. The molecule has 0 aliphatic heterocycles. The molecule has 3 N–H and O–H groups in total. The Bertz CT molecular complexity index is 1010. The minimum absolute atomic E-state index is 0.105. The van der Waals surface area contributed by atoms with Crippen LogP contribution in [0.25, 0.3) is 11.1 Å². The van der Waals surface area contributed by atoms with E-state index in [1.807, 2.05) is 61.5 Å². The molecule has 0 aliphatic rings. The zero-order valence-electron chi connectivity index (χ0n) is 18.4. The Morgan fingerprint density at radius 1 is 1.03 bits per heavy atom. The first-order chi connectivity index (χ1) is 15.1. The van der Waals surface area contributed by atoms with Crippen molar-refractivity contribution < 1.29 is 14.6 Å². The summed E-state index contributed by atoms with van der Waals surface area (Å²) in [5, 5.41) is 9.38. The highest BCUT2D eigenvalue weighted by atomic mass is 16.5. The number of carbonyl (C=O) groups is 1. The van der Waals surface area contributed by atoms with Crippen LogP contribution in [0.4, 0.5) is 0 Å². The lowest BCUT2D eigenvalue weighted by atomic mass is 9.97. The predicted octanol–water partition coefficient (Wildman–Crippen LogP) is 5.47.